The number of sulfonamides is 1. The van der Waals surface area contributed by atoms with Crippen LogP contribution in [0.2, 0.25) is 0 Å². The number of rotatable bonds is 6. The Kier molecular flexibility index (Phi) is 4.17. The molecule has 1 aromatic rings. The summed E-state index contributed by atoms with van der Waals surface area (Å²) in [6, 6.07) is 5.20. The highest BCUT2D eigenvalue weighted by Crippen LogP contribution is 2.33. The standard InChI is InChI=1S/C13H15FN2O2S/c14-12-4-1-5-13(11(12)9-15)19(17,18)16-8-2-3-10-6-7-10/h1,4-5,10,16H,2-3,6-8H2. The Bertz CT molecular complexity index is 604. The summed E-state index contributed by atoms with van der Waals surface area (Å²) < 4.78 is 39.8. The Morgan fingerprint density at radius 1 is 1.42 bits per heavy atom. The average Bonchev–Trinajstić information content (AvgIpc) is 3.18. The van der Waals surface area contributed by atoms with Crippen molar-refractivity contribution < 1.29 is 12.8 Å². The molecule has 102 valence electrons. The molecular weight excluding hydrogens is 267 g/mol. The first kappa shape index (κ1) is 14.0. The maximum Gasteiger partial charge on any atom is 0.241 e. The third-order valence-corrected chi connectivity index (χ3v) is 4.66. The minimum atomic E-state index is -3.82. The van der Waals surface area contributed by atoms with Crippen LogP contribution < -0.4 is 4.72 Å². The van der Waals surface area contributed by atoms with Crippen molar-refractivity contribution in [3.05, 3.63) is 29.6 Å². The van der Waals surface area contributed by atoms with Gasteiger partial charge in [-0.15, -0.1) is 0 Å². The van der Waals surface area contributed by atoms with E-state index in [0.29, 0.717) is 6.54 Å². The summed E-state index contributed by atoms with van der Waals surface area (Å²) in [7, 11) is -3.82. The predicted octanol–water partition coefficient (Wildman–Crippen LogP) is 2.17. The van der Waals surface area contributed by atoms with E-state index in [1.807, 2.05) is 0 Å². The lowest BCUT2D eigenvalue weighted by Crippen LogP contribution is -2.26. The van der Waals surface area contributed by atoms with Crippen LogP contribution in [0.3, 0.4) is 0 Å². The summed E-state index contributed by atoms with van der Waals surface area (Å²) in [5.74, 6) is -0.0725. The maximum atomic E-state index is 13.4. The van der Waals surface area contributed by atoms with Crippen LogP contribution in [-0.4, -0.2) is 15.0 Å². The Labute approximate surface area is 112 Å². The van der Waals surface area contributed by atoms with Crippen LogP contribution >= 0.6 is 0 Å². The number of nitrogens with one attached hydrogen (secondary N) is 1. The van der Waals surface area contributed by atoms with E-state index in [-0.39, 0.29) is 4.90 Å². The molecule has 1 fully saturated rings. The molecule has 0 aliphatic heterocycles. The smallest absolute Gasteiger partial charge is 0.211 e. The molecule has 0 radical (unpaired) electrons. The highest BCUT2D eigenvalue weighted by atomic mass is 32.2. The van der Waals surface area contributed by atoms with Gasteiger partial charge >= 0.3 is 0 Å². The first-order valence-electron chi connectivity index (χ1n) is 6.23. The molecule has 1 saturated carbocycles. The fourth-order valence-corrected chi connectivity index (χ4v) is 3.16. The van der Waals surface area contributed by atoms with Crippen LogP contribution in [0.25, 0.3) is 0 Å². The molecule has 1 aliphatic rings. The third kappa shape index (κ3) is 3.52. The van der Waals surface area contributed by atoms with Gasteiger partial charge in [-0.1, -0.05) is 18.9 Å². The van der Waals surface area contributed by atoms with Crippen molar-refractivity contribution >= 4 is 10.0 Å². The van der Waals surface area contributed by atoms with Gasteiger partial charge in [0.1, 0.15) is 22.3 Å². The first-order valence-corrected chi connectivity index (χ1v) is 7.71. The van der Waals surface area contributed by atoms with Crippen molar-refractivity contribution in [2.45, 2.75) is 30.6 Å². The van der Waals surface area contributed by atoms with E-state index in [0.717, 1.165) is 24.8 Å². The lowest BCUT2D eigenvalue weighted by atomic mass is 10.2. The summed E-state index contributed by atoms with van der Waals surface area (Å²) in [4.78, 5) is -0.290. The fraction of sp³-hybridized carbons (Fsp3) is 0.462. The predicted molar refractivity (Wildman–Crippen MR) is 68.3 cm³/mol. The van der Waals surface area contributed by atoms with Crippen molar-refractivity contribution in [1.29, 1.82) is 5.26 Å². The molecule has 1 N–H and O–H groups in total. The number of nitriles is 1. The Hall–Kier alpha value is -1.45. The van der Waals surface area contributed by atoms with Gasteiger partial charge in [-0.25, -0.2) is 17.5 Å². The van der Waals surface area contributed by atoms with E-state index in [1.165, 1.54) is 25.0 Å². The molecule has 0 unspecified atom stereocenters. The zero-order valence-electron chi connectivity index (χ0n) is 10.4. The highest BCUT2D eigenvalue weighted by Gasteiger charge is 2.22. The summed E-state index contributed by atoms with van der Waals surface area (Å²) in [6.07, 6.45) is 4.24. The number of nitrogens with zero attached hydrogens (tertiary/aromatic N) is 1. The Balaban J connectivity index is 2.06. The molecule has 0 spiro atoms. The number of halogens is 1. The molecule has 2 rings (SSSR count). The van der Waals surface area contributed by atoms with Crippen molar-refractivity contribution in [2.75, 3.05) is 6.54 Å². The second-order valence-electron chi connectivity index (χ2n) is 4.71. The normalized spacial score (nSPS) is 15.2. The van der Waals surface area contributed by atoms with Gasteiger partial charge in [0.05, 0.1) is 0 Å². The molecule has 0 amide bonds. The van der Waals surface area contributed by atoms with E-state index in [2.05, 4.69) is 4.72 Å². The monoisotopic (exact) mass is 282 g/mol. The SMILES string of the molecule is N#Cc1c(F)cccc1S(=O)(=O)NCCCC1CC1. The second-order valence-corrected chi connectivity index (χ2v) is 6.44. The molecule has 4 nitrogen and oxygen atoms in total. The molecule has 1 aromatic carbocycles. The van der Waals surface area contributed by atoms with Crippen molar-refractivity contribution in [3.63, 3.8) is 0 Å². The van der Waals surface area contributed by atoms with E-state index >= 15 is 0 Å². The van der Waals surface area contributed by atoms with Crippen LogP contribution in [0.5, 0.6) is 0 Å². The van der Waals surface area contributed by atoms with Gasteiger partial charge in [-0.2, -0.15) is 5.26 Å². The topological polar surface area (TPSA) is 70.0 Å². The molecule has 0 heterocycles. The van der Waals surface area contributed by atoms with E-state index in [4.69, 9.17) is 5.26 Å². The number of hydrogen-bond acceptors (Lipinski definition) is 3. The average molecular weight is 282 g/mol. The van der Waals surface area contributed by atoms with Crippen LogP contribution in [0.4, 0.5) is 4.39 Å². The van der Waals surface area contributed by atoms with E-state index < -0.39 is 21.4 Å². The summed E-state index contributed by atoms with van der Waals surface area (Å²) in [6.45, 7) is 0.320. The fourth-order valence-electron chi connectivity index (χ4n) is 1.92. The molecule has 19 heavy (non-hydrogen) atoms. The van der Waals surface area contributed by atoms with Crippen molar-refractivity contribution in [2.24, 2.45) is 5.92 Å². The Morgan fingerprint density at radius 3 is 2.79 bits per heavy atom. The summed E-state index contributed by atoms with van der Waals surface area (Å²) in [5, 5.41) is 8.83. The van der Waals surface area contributed by atoms with Gasteiger partial charge < -0.3 is 0 Å². The molecule has 0 atom stereocenters. The van der Waals surface area contributed by atoms with Crippen LogP contribution in [0.1, 0.15) is 31.2 Å². The molecule has 0 bridgehead atoms. The zero-order valence-corrected chi connectivity index (χ0v) is 11.2. The minimum absolute atomic E-state index is 0.290. The molecule has 0 saturated heterocycles. The summed E-state index contributed by atoms with van der Waals surface area (Å²) >= 11 is 0. The van der Waals surface area contributed by atoms with Gasteiger partial charge in [0.15, 0.2) is 0 Å². The van der Waals surface area contributed by atoms with E-state index in [1.54, 1.807) is 6.07 Å². The zero-order chi connectivity index (χ0) is 13.9. The van der Waals surface area contributed by atoms with Gasteiger partial charge in [0.25, 0.3) is 0 Å². The number of hydrogen-bond donors (Lipinski definition) is 1. The molecule has 0 aromatic heterocycles. The largest absolute Gasteiger partial charge is 0.241 e. The molecule has 6 heteroatoms. The van der Waals surface area contributed by atoms with Gasteiger partial charge in [-0.3, -0.25) is 0 Å². The third-order valence-electron chi connectivity index (χ3n) is 3.15. The van der Waals surface area contributed by atoms with Gasteiger partial charge in [0.2, 0.25) is 10.0 Å². The van der Waals surface area contributed by atoms with Crippen molar-refractivity contribution in [3.8, 4) is 6.07 Å². The first-order chi connectivity index (χ1) is 9.04. The minimum Gasteiger partial charge on any atom is -0.211 e. The highest BCUT2D eigenvalue weighted by molar-refractivity contribution is 7.89. The summed E-state index contributed by atoms with van der Waals surface area (Å²) in [5.41, 5.74) is -0.433. The van der Waals surface area contributed by atoms with Crippen LogP contribution in [0.15, 0.2) is 23.1 Å². The molecule has 1 aliphatic carbocycles. The van der Waals surface area contributed by atoms with Gasteiger partial charge in [-0.05, 0) is 30.9 Å². The van der Waals surface area contributed by atoms with Crippen LogP contribution in [0, 0.1) is 23.1 Å². The molecular formula is C13H15FN2O2S. The van der Waals surface area contributed by atoms with Crippen molar-refractivity contribution in [1.82, 2.24) is 4.72 Å². The van der Waals surface area contributed by atoms with Gasteiger partial charge in [0, 0.05) is 6.54 Å². The van der Waals surface area contributed by atoms with Crippen LogP contribution in [-0.2, 0) is 10.0 Å². The second kappa shape index (κ2) is 5.68. The Morgan fingerprint density at radius 2 is 2.16 bits per heavy atom. The number of benzene rings is 1. The van der Waals surface area contributed by atoms with E-state index in [9.17, 15) is 12.8 Å². The lowest BCUT2D eigenvalue weighted by molar-refractivity contribution is 0.568. The lowest BCUT2D eigenvalue weighted by Gasteiger charge is -2.08. The maximum absolute atomic E-state index is 13.4. The quantitative estimate of drug-likeness (QED) is 0.813.